The Bertz CT molecular complexity index is 689. The molecule has 24 heavy (non-hydrogen) atoms. The molecular weight excluding hydrogens is 339 g/mol. The van der Waals surface area contributed by atoms with Gasteiger partial charge in [0.25, 0.3) is 0 Å². The van der Waals surface area contributed by atoms with Crippen LogP contribution in [0.1, 0.15) is 12.8 Å². The van der Waals surface area contributed by atoms with Crippen molar-refractivity contribution in [3.63, 3.8) is 0 Å². The Balaban J connectivity index is 2.03. The summed E-state index contributed by atoms with van der Waals surface area (Å²) in [4.78, 5) is 11.6. The molecule has 1 amide bonds. The minimum absolute atomic E-state index is 0.0167. The van der Waals surface area contributed by atoms with E-state index in [1.54, 1.807) is 0 Å². The van der Waals surface area contributed by atoms with Gasteiger partial charge in [0, 0.05) is 20.2 Å². The summed E-state index contributed by atoms with van der Waals surface area (Å²) in [6, 6.07) is 3.20. The van der Waals surface area contributed by atoms with Crippen molar-refractivity contribution in [1.29, 1.82) is 0 Å². The van der Waals surface area contributed by atoms with Gasteiger partial charge in [-0.05, 0) is 31.0 Å². The number of hydrogen-bond donors (Lipinski definition) is 1. The van der Waals surface area contributed by atoms with Crippen LogP contribution in [0.15, 0.2) is 23.1 Å². The van der Waals surface area contributed by atoms with E-state index >= 15 is 0 Å². The number of nitrogens with one attached hydrogen (secondary N) is 1. The van der Waals surface area contributed by atoms with E-state index < -0.39 is 21.7 Å². The van der Waals surface area contributed by atoms with E-state index in [1.807, 2.05) is 0 Å². The summed E-state index contributed by atoms with van der Waals surface area (Å²) in [5.74, 6) is -1.14. The zero-order valence-corrected chi connectivity index (χ0v) is 14.4. The Hall–Kier alpha value is -1.71. The first-order chi connectivity index (χ1) is 11.3. The molecule has 0 spiro atoms. The second kappa shape index (κ2) is 7.91. The number of ether oxygens (including phenoxy) is 2. The van der Waals surface area contributed by atoms with Crippen molar-refractivity contribution in [2.24, 2.45) is 0 Å². The number of nitrogens with zero attached hydrogens (tertiary/aromatic N) is 1. The standard InChI is InChI=1S/C15H21FN2O5S/c1-18(10-15(19)17-9-12-4-3-7-23-12)24(20,21)14-8-11(16)5-6-13(14)22-2/h5-6,8,12H,3-4,7,9-10H2,1-2H3,(H,17,19)/t12-/m0/s1. The molecule has 0 saturated carbocycles. The minimum atomic E-state index is -4.06. The lowest BCUT2D eigenvalue weighted by Crippen LogP contribution is -2.40. The average molecular weight is 360 g/mol. The van der Waals surface area contributed by atoms with Crippen molar-refractivity contribution in [3.05, 3.63) is 24.0 Å². The Morgan fingerprint density at radius 3 is 2.88 bits per heavy atom. The van der Waals surface area contributed by atoms with Crippen molar-refractivity contribution in [2.75, 3.05) is 33.9 Å². The third kappa shape index (κ3) is 4.43. The fourth-order valence-electron chi connectivity index (χ4n) is 2.40. The summed E-state index contributed by atoms with van der Waals surface area (Å²) in [5.41, 5.74) is 0. The molecule has 1 fully saturated rings. The third-order valence-corrected chi connectivity index (χ3v) is 5.56. The molecule has 2 rings (SSSR count). The predicted octanol–water partition coefficient (Wildman–Crippen LogP) is 0.750. The van der Waals surface area contributed by atoms with E-state index in [1.165, 1.54) is 20.2 Å². The van der Waals surface area contributed by atoms with Crippen LogP contribution in [-0.2, 0) is 19.6 Å². The SMILES string of the molecule is COc1ccc(F)cc1S(=O)(=O)N(C)CC(=O)NC[C@@H]1CCCO1. The third-order valence-electron chi connectivity index (χ3n) is 3.73. The summed E-state index contributed by atoms with van der Waals surface area (Å²) in [6.07, 6.45) is 1.79. The number of amides is 1. The predicted molar refractivity (Wildman–Crippen MR) is 84.8 cm³/mol. The van der Waals surface area contributed by atoms with Gasteiger partial charge in [0.2, 0.25) is 15.9 Å². The molecule has 1 aromatic carbocycles. The van der Waals surface area contributed by atoms with Crippen molar-refractivity contribution >= 4 is 15.9 Å². The molecule has 0 aromatic heterocycles. The van der Waals surface area contributed by atoms with Crippen LogP contribution in [0.4, 0.5) is 4.39 Å². The minimum Gasteiger partial charge on any atom is -0.495 e. The molecular formula is C15H21FN2O5S. The molecule has 1 N–H and O–H groups in total. The summed E-state index contributed by atoms with van der Waals surface area (Å²) in [7, 11) is -1.51. The fraction of sp³-hybridized carbons (Fsp3) is 0.533. The van der Waals surface area contributed by atoms with Gasteiger partial charge in [0.1, 0.15) is 16.5 Å². The van der Waals surface area contributed by atoms with Gasteiger partial charge in [-0.3, -0.25) is 4.79 Å². The van der Waals surface area contributed by atoms with Crippen molar-refractivity contribution in [3.8, 4) is 5.75 Å². The number of rotatable bonds is 7. The molecule has 0 aliphatic carbocycles. The summed E-state index contributed by atoms with van der Waals surface area (Å²) in [6.45, 7) is 0.638. The highest BCUT2D eigenvalue weighted by Gasteiger charge is 2.27. The van der Waals surface area contributed by atoms with Crippen molar-refractivity contribution < 1.29 is 27.1 Å². The highest BCUT2D eigenvalue weighted by molar-refractivity contribution is 7.89. The Morgan fingerprint density at radius 1 is 1.50 bits per heavy atom. The van der Waals surface area contributed by atoms with Gasteiger partial charge in [-0.25, -0.2) is 12.8 Å². The highest BCUT2D eigenvalue weighted by atomic mass is 32.2. The van der Waals surface area contributed by atoms with Crippen LogP contribution in [0.5, 0.6) is 5.75 Å². The van der Waals surface area contributed by atoms with E-state index in [9.17, 15) is 17.6 Å². The molecule has 0 unspecified atom stereocenters. The first-order valence-electron chi connectivity index (χ1n) is 7.52. The van der Waals surface area contributed by atoms with E-state index in [0.717, 1.165) is 29.3 Å². The van der Waals surface area contributed by atoms with Gasteiger partial charge in [0.15, 0.2) is 0 Å². The number of carbonyl (C=O) groups excluding carboxylic acids is 1. The quantitative estimate of drug-likeness (QED) is 0.776. The molecule has 0 radical (unpaired) electrons. The normalized spacial score (nSPS) is 17.9. The van der Waals surface area contributed by atoms with E-state index in [0.29, 0.717) is 13.2 Å². The largest absolute Gasteiger partial charge is 0.495 e. The zero-order valence-electron chi connectivity index (χ0n) is 13.6. The molecule has 134 valence electrons. The number of benzene rings is 1. The van der Waals surface area contributed by atoms with Crippen molar-refractivity contribution in [1.82, 2.24) is 9.62 Å². The Kier molecular flexibility index (Phi) is 6.14. The van der Waals surface area contributed by atoms with Gasteiger partial charge in [-0.1, -0.05) is 0 Å². The molecule has 0 bridgehead atoms. The van der Waals surface area contributed by atoms with Gasteiger partial charge in [0.05, 0.1) is 19.8 Å². The number of halogens is 1. The molecule has 1 heterocycles. The second-order valence-electron chi connectivity index (χ2n) is 5.50. The number of hydrogen-bond acceptors (Lipinski definition) is 5. The maximum atomic E-state index is 13.4. The van der Waals surface area contributed by atoms with Gasteiger partial charge in [-0.2, -0.15) is 4.31 Å². The van der Waals surface area contributed by atoms with Gasteiger partial charge in [-0.15, -0.1) is 0 Å². The molecule has 7 nitrogen and oxygen atoms in total. The maximum Gasteiger partial charge on any atom is 0.247 e. The summed E-state index contributed by atoms with van der Waals surface area (Å²) >= 11 is 0. The van der Waals surface area contributed by atoms with Crippen LogP contribution >= 0.6 is 0 Å². The number of carbonyl (C=O) groups is 1. The lowest BCUT2D eigenvalue weighted by atomic mass is 10.2. The lowest BCUT2D eigenvalue weighted by Gasteiger charge is -2.19. The van der Waals surface area contributed by atoms with Gasteiger partial charge >= 0.3 is 0 Å². The van der Waals surface area contributed by atoms with Gasteiger partial charge < -0.3 is 14.8 Å². The Labute approximate surface area is 140 Å². The van der Waals surface area contributed by atoms with Crippen LogP contribution in [0, 0.1) is 5.82 Å². The summed E-state index contributed by atoms with van der Waals surface area (Å²) in [5, 5.41) is 2.64. The van der Waals surface area contributed by atoms with E-state index in [4.69, 9.17) is 9.47 Å². The monoisotopic (exact) mass is 360 g/mol. The fourth-order valence-corrected chi connectivity index (χ4v) is 3.69. The maximum absolute atomic E-state index is 13.4. The van der Waals surface area contributed by atoms with E-state index in [-0.39, 0.29) is 23.3 Å². The zero-order chi connectivity index (χ0) is 17.7. The first kappa shape index (κ1) is 18.6. The Morgan fingerprint density at radius 2 is 2.25 bits per heavy atom. The molecule has 1 atom stereocenters. The number of methoxy groups -OCH3 is 1. The lowest BCUT2D eigenvalue weighted by molar-refractivity contribution is -0.121. The van der Waals surface area contributed by atoms with Crippen LogP contribution in [0.25, 0.3) is 0 Å². The molecule has 1 saturated heterocycles. The highest BCUT2D eigenvalue weighted by Crippen LogP contribution is 2.26. The molecule has 1 aromatic rings. The molecule has 9 heteroatoms. The smallest absolute Gasteiger partial charge is 0.247 e. The van der Waals surface area contributed by atoms with E-state index in [2.05, 4.69) is 5.32 Å². The number of likely N-dealkylation sites (N-methyl/N-ethyl adjacent to an activating group) is 1. The van der Waals surface area contributed by atoms with Crippen molar-refractivity contribution in [2.45, 2.75) is 23.8 Å². The molecule has 1 aliphatic rings. The van der Waals surface area contributed by atoms with Crippen LogP contribution in [-0.4, -0.2) is 58.6 Å². The van der Waals surface area contributed by atoms with Crippen LogP contribution < -0.4 is 10.1 Å². The van der Waals surface area contributed by atoms with Crippen LogP contribution in [0.3, 0.4) is 0 Å². The molecule has 1 aliphatic heterocycles. The van der Waals surface area contributed by atoms with Crippen LogP contribution in [0.2, 0.25) is 0 Å². The average Bonchev–Trinajstić information content (AvgIpc) is 3.06. The first-order valence-corrected chi connectivity index (χ1v) is 8.97. The summed E-state index contributed by atoms with van der Waals surface area (Å²) < 4.78 is 49.7. The topological polar surface area (TPSA) is 84.9 Å². The second-order valence-corrected chi connectivity index (χ2v) is 7.51. The number of sulfonamides is 1.